The normalized spacial score (nSPS) is 16.8. The van der Waals surface area contributed by atoms with Crippen LogP contribution in [0.15, 0.2) is 34.5 Å². The Morgan fingerprint density at radius 1 is 1.19 bits per heavy atom. The summed E-state index contributed by atoms with van der Waals surface area (Å²) in [6.07, 6.45) is 1.71. The summed E-state index contributed by atoms with van der Waals surface area (Å²) in [6.45, 7) is 6.55. The van der Waals surface area contributed by atoms with E-state index in [4.69, 9.17) is 0 Å². The molecule has 1 aromatic carbocycles. The highest BCUT2D eigenvalue weighted by atomic mass is 32.2. The highest BCUT2D eigenvalue weighted by Crippen LogP contribution is 2.45. The van der Waals surface area contributed by atoms with Crippen LogP contribution >= 0.6 is 23.1 Å². The summed E-state index contributed by atoms with van der Waals surface area (Å²) >= 11 is 3.61. The number of fused-ring (bicyclic) bond motifs is 1. The fourth-order valence-electron chi connectivity index (χ4n) is 2.93. The molecule has 0 unspecified atom stereocenters. The van der Waals surface area contributed by atoms with Crippen LogP contribution in [0.25, 0.3) is 0 Å². The zero-order chi connectivity index (χ0) is 15.0. The maximum absolute atomic E-state index is 12.5. The lowest BCUT2D eigenvalue weighted by Crippen LogP contribution is -2.26. The predicted octanol–water partition coefficient (Wildman–Crippen LogP) is 5.50. The molecule has 1 aliphatic rings. The van der Waals surface area contributed by atoms with Crippen molar-refractivity contribution in [2.24, 2.45) is 5.41 Å². The molecule has 0 aliphatic heterocycles. The minimum atomic E-state index is 0.108. The zero-order valence-corrected chi connectivity index (χ0v) is 14.4. The van der Waals surface area contributed by atoms with Crippen molar-refractivity contribution >= 4 is 28.9 Å². The smallest absolute Gasteiger partial charge is 0.165 e. The highest BCUT2D eigenvalue weighted by molar-refractivity contribution is 8.00. The van der Waals surface area contributed by atoms with Gasteiger partial charge in [-0.2, -0.15) is 0 Å². The molecule has 3 heteroatoms. The molecule has 110 valence electrons. The van der Waals surface area contributed by atoms with Crippen molar-refractivity contribution in [3.63, 3.8) is 0 Å². The Labute approximate surface area is 134 Å². The second-order valence-corrected chi connectivity index (χ2v) is 8.98. The van der Waals surface area contributed by atoms with Gasteiger partial charge in [0.05, 0.1) is 4.21 Å². The summed E-state index contributed by atoms with van der Waals surface area (Å²) in [6, 6.07) is 10.5. The number of hydrogen-bond acceptors (Lipinski definition) is 3. The molecule has 0 bridgehead atoms. The van der Waals surface area contributed by atoms with Crippen molar-refractivity contribution in [1.82, 2.24) is 0 Å². The van der Waals surface area contributed by atoms with Gasteiger partial charge in [-0.25, -0.2) is 0 Å². The third kappa shape index (κ3) is 3.09. The van der Waals surface area contributed by atoms with Crippen molar-refractivity contribution < 1.29 is 4.79 Å². The van der Waals surface area contributed by atoms with Gasteiger partial charge in [0.25, 0.3) is 0 Å². The van der Waals surface area contributed by atoms with Gasteiger partial charge in [-0.3, -0.25) is 4.79 Å². The van der Waals surface area contributed by atoms with Crippen LogP contribution in [0, 0.1) is 12.3 Å². The van der Waals surface area contributed by atoms with Crippen molar-refractivity contribution in [3.8, 4) is 0 Å². The van der Waals surface area contributed by atoms with E-state index in [2.05, 4.69) is 45.0 Å². The predicted molar refractivity (Wildman–Crippen MR) is 91.5 cm³/mol. The Kier molecular flexibility index (Phi) is 3.98. The zero-order valence-electron chi connectivity index (χ0n) is 12.7. The molecule has 0 fully saturated rings. The molecule has 3 rings (SSSR count). The monoisotopic (exact) mass is 316 g/mol. The lowest BCUT2D eigenvalue weighted by atomic mass is 9.74. The second kappa shape index (κ2) is 5.62. The highest BCUT2D eigenvalue weighted by Gasteiger charge is 2.35. The van der Waals surface area contributed by atoms with Gasteiger partial charge >= 0.3 is 0 Å². The first-order chi connectivity index (χ1) is 9.96. The van der Waals surface area contributed by atoms with Crippen molar-refractivity contribution in [3.05, 3.63) is 51.9 Å². The first-order valence-corrected chi connectivity index (χ1v) is 9.09. The number of hydrogen-bond donors (Lipinski definition) is 0. The van der Waals surface area contributed by atoms with Gasteiger partial charge in [-0.1, -0.05) is 44.2 Å². The van der Waals surface area contributed by atoms with Crippen LogP contribution in [0.3, 0.4) is 0 Å². The number of rotatable bonds is 3. The van der Waals surface area contributed by atoms with E-state index in [0.29, 0.717) is 12.2 Å². The molecule has 0 atom stereocenters. The molecule has 0 amide bonds. The van der Waals surface area contributed by atoms with E-state index in [1.54, 1.807) is 11.3 Å². The Morgan fingerprint density at radius 2 is 1.90 bits per heavy atom. The van der Waals surface area contributed by atoms with Gasteiger partial charge in [0.2, 0.25) is 0 Å². The Morgan fingerprint density at radius 3 is 2.62 bits per heavy atom. The average Bonchev–Trinajstić information content (AvgIpc) is 2.73. The molecule has 2 aromatic rings. The van der Waals surface area contributed by atoms with Crippen LogP contribution in [0.4, 0.5) is 0 Å². The molecule has 1 aromatic heterocycles. The second-order valence-electron chi connectivity index (χ2n) is 6.51. The summed E-state index contributed by atoms with van der Waals surface area (Å²) in [5.74, 6) is 1.27. The lowest BCUT2D eigenvalue weighted by molar-refractivity contribution is 0.0910. The number of carbonyl (C=O) groups excluding carboxylic acids is 1. The number of thioether (sulfide) groups is 1. The van der Waals surface area contributed by atoms with Gasteiger partial charge < -0.3 is 0 Å². The molecule has 0 N–H and O–H groups in total. The molecule has 21 heavy (non-hydrogen) atoms. The van der Waals surface area contributed by atoms with E-state index in [1.165, 1.54) is 20.2 Å². The molecule has 0 saturated heterocycles. The van der Waals surface area contributed by atoms with Gasteiger partial charge in [-0.05, 0) is 29.9 Å². The number of aryl methyl sites for hydroxylation is 1. The number of carbonyl (C=O) groups is 1. The first kappa shape index (κ1) is 14.9. The molecular weight excluding hydrogens is 296 g/mol. The van der Waals surface area contributed by atoms with Gasteiger partial charge in [0, 0.05) is 22.6 Å². The van der Waals surface area contributed by atoms with E-state index in [0.717, 1.165) is 17.7 Å². The third-order valence-corrected chi connectivity index (χ3v) is 6.45. The van der Waals surface area contributed by atoms with Crippen LogP contribution < -0.4 is 0 Å². The van der Waals surface area contributed by atoms with Crippen LogP contribution in [0.5, 0.6) is 0 Å². The quantitative estimate of drug-likeness (QED) is 0.695. The van der Waals surface area contributed by atoms with Gasteiger partial charge in [-0.15, -0.1) is 23.1 Å². The summed E-state index contributed by atoms with van der Waals surface area (Å²) in [5.41, 5.74) is 3.75. The number of thiophene rings is 1. The summed E-state index contributed by atoms with van der Waals surface area (Å²) in [5, 5.41) is 0. The van der Waals surface area contributed by atoms with E-state index in [1.807, 2.05) is 17.8 Å². The summed E-state index contributed by atoms with van der Waals surface area (Å²) < 4.78 is 1.21. The van der Waals surface area contributed by atoms with Gasteiger partial charge in [0.15, 0.2) is 5.78 Å². The van der Waals surface area contributed by atoms with Crippen LogP contribution in [0.2, 0.25) is 0 Å². The topological polar surface area (TPSA) is 17.1 Å². The lowest BCUT2D eigenvalue weighted by Gasteiger charge is -2.29. The van der Waals surface area contributed by atoms with Crippen LogP contribution in [0.1, 0.15) is 46.6 Å². The molecular formula is C18H20OS2. The SMILES string of the molecule is Cc1sc(SCc2ccccc2)c2c1CC(C)(C)CC2=O. The van der Waals surface area contributed by atoms with Gasteiger partial charge in [0.1, 0.15) is 0 Å². The minimum absolute atomic E-state index is 0.108. The van der Waals surface area contributed by atoms with E-state index in [9.17, 15) is 4.79 Å². The number of Topliss-reactive ketones (excluding diaryl/α,β-unsaturated/α-hetero) is 1. The van der Waals surface area contributed by atoms with Crippen molar-refractivity contribution in [2.75, 3.05) is 0 Å². The molecule has 0 spiro atoms. The average molecular weight is 316 g/mol. The van der Waals surface area contributed by atoms with E-state index < -0.39 is 0 Å². The maximum atomic E-state index is 12.5. The van der Waals surface area contributed by atoms with Crippen molar-refractivity contribution in [1.29, 1.82) is 0 Å². The molecule has 0 radical (unpaired) electrons. The minimum Gasteiger partial charge on any atom is -0.294 e. The maximum Gasteiger partial charge on any atom is 0.165 e. The molecule has 0 saturated carbocycles. The molecule has 1 heterocycles. The van der Waals surface area contributed by atoms with E-state index in [-0.39, 0.29) is 5.41 Å². The Hall–Kier alpha value is -1.06. The number of benzene rings is 1. The largest absolute Gasteiger partial charge is 0.294 e. The summed E-state index contributed by atoms with van der Waals surface area (Å²) in [7, 11) is 0. The third-order valence-electron chi connectivity index (χ3n) is 3.96. The standard InChI is InChI=1S/C18H20OS2/c1-12-14-9-18(2,3)10-15(19)16(14)17(21-12)20-11-13-7-5-4-6-8-13/h4-8H,9-11H2,1-3H3. The molecule has 1 nitrogen and oxygen atoms in total. The van der Waals surface area contributed by atoms with Crippen LogP contribution in [-0.2, 0) is 12.2 Å². The fraction of sp³-hybridized carbons (Fsp3) is 0.389. The summed E-state index contributed by atoms with van der Waals surface area (Å²) in [4.78, 5) is 13.9. The van der Waals surface area contributed by atoms with Crippen molar-refractivity contribution in [2.45, 2.75) is 43.6 Å². The van der Waals surface area contributed by atoms with E-state index >= 15 is 0 Å². The first-order valence-electron chi connectivity index (χ1n) is 7.28. The van der Waals surface area contributed by atoms with Crippen LogP contribution in [-0.4, -0.2) is 5.78 Å². The Balaban J connectivity index is 1.87. The molecule has 1 aliphatic carbocycles. The fourth-order valence-corrected chi connectivity index (χ4v) is 5.51. The number of ketones is 1. The Bertz CT molecular complexity index is 668.